The van der Waals surface area contributed by atoms with Crippen molar-refractivity contribution in [1.29, 1.82) is 0 Å². The molecule has 0 N–H and O–H groups in total. The second kappa shape index (κ2) is 5.61. The van der Waals surface area contributed by atoms with Crippen molar-refractivity contribution >= 4 is 0 Å². The van der Waals surface area contributed by atoms with Crippen molar-refractivity contribution in [3.05, 3.63) is 5.32 Å². The predicted octanol–water partition coefficient (Wildman–Crippen LogP) is 2.58. The van der Waals surface area contributed by atoms with E-state index in [9.17, 15) is 0 Å². The van der Waals surface area contributed by atoms with Gasteiger partial charge in [-0.05, 0) is 18.8 Å². The Hall–Kier alpha value is 0.582. The standard InChI is InChI=1S/C11H20NO.Re/c1-8(2)10-11-9(7-12-10)5-3-4-6-13-11;/h8-11H,3-7H2,1-2H3;/q-1;/t9-,10?,11?;/m0./s1. The normalized spacial score (nSPS) is 37.5. The number of nitrogens with zero attached hydrogens (tertiary/aromatic N) is 1. The summed E-state index contributed by atoms with van der Waals surface area (Å²) in [7, 11) is 0. The Morgan fingerprint density at radius 2 is 2.07 bits per heavy atom. The molecule has 0 spiro atoms. The molecule has 3 heteroatoms. The Morgan fingerprint density at radius 3 is 2.79 bits per heavy atom. The summed E-state index contributed by atoms with van der Waals surface area (Å²) < 4.78 is 5.91. The Morgan fingerprint density at radius 1 is 1.29 bits per heavy atom. The van der Waals surface area contributed by atoms with Crippen molar-refractivity contribution in [2.24, 2.45) is 11.8 Å². The molecule has 0 aromatic rings. The molecule has 2 aliphatic heterocycles. The molecule has 2 saturated heterocycles. The van der Waals surface area contributed by atoms with Gasteiger partial charge in [0.2, 0.25) is 0 Å². The van der Waals surface area contributed by atoms with Gasteiger partial charge in [0.25, 0.3) is 0 Å². The molecule has 2 nitrogen and oxygen atoms in total. The Labute approximate surface area is 101 Å². The molecule has 83 valence electrons. The van der Waals surface area contributed by atoms with Gasteiger partial charge in [-0.15, -0.1) is 12.6 Å². The summed E-state index contributed by atoms with van der Waals surface area (Å²) in [6.07, 6.45) is 4.36. The van der Waals surface area contributed by atoms with Gasteiger partial charge in [-0.2, -0.15) is 0 Å². The second-order valence-electron chi connectivity index (χ2n) is 4.69. The quantitative estimate of drug-likeness (QED) is 0.698. The zero-order valence-corrected chi connectivity index (χ0v) is 11.8. The van der Waals surface area contributed by atoms with Crippen LogP contribution in [0.2, 0.25) is 0 Å². The summed E-state index contributed by atoms with van der Waals surface area (Å²) >= 11 is 0. The van der Waals surface area contributed by atoms with Gasteiger partial charge in [0.15, 0.2) is 0 Å². The topological polar surface area (TPSA) is 23.3 Å². The average molecular weight is 368 g/mol. The molecule has 0 bridgehead atoms. The summed E-state index contributed by atoms with van der Waals surface area (Å²) in [5.41, 5.74) is 0. The molecule has 2 rings (SSSR count). The fourth-order valence-corrected chi connectivity index (χ4v) is 2.55. The van der Waals surface area contributed by atoms with Crippen LogP contribution in [0.15, 0.2) is 0 Å². The molecule has 14 heavy (non-hydrogen) atoms. The molecule has 0 aliphatic carbocycles. The Balaban J connectivity index is 0.000000980. The molecule has 2 heterocycles. The molecular formula is C11H20NORe-. The maximum Gasteiger partial charge on any atom is 0.0469 e. The van der Waals surface area contributed by atoms with Gasteiger partial charge in [0.05, 0.1) is 0 Å². The third-order valence-electron chi connectivity index (χ3n) is 3.31. The molecule has 1 radical (unpaired) electrons. The predicted molar refractivity (Wildman–Crippen MR) is 53.9 cm³/mol. The van der Waals surface area contributed by atoms with Crippen LogP contribution in [0, 0.1) is 11.8 Å². The molecule has 0 aromatic carbocycles. The summed E-state index contributed by atoms with van der Waals surface area (Å²) in [5, 5.41) is 4.70. The third-order valence-corrected chi connectivity index (χ3v) is 3.31. The fraction of sp³-hybridized carbons (Fsp3) is 1.00. The molecule has 2 aliphatic rings. The number of fused-ring (bicyclic) bond motifs is 1. The fourth-order valence-electron chi connectivity index (χ4n) is 2.55. The van der Waals surface area contributed by atoms with Gasteiger partial charge in [-0.1, -0.05) is 26.2 Å². The second-order valence-corrected chi connectivity index (χ2v) is 4.69. The molecule has 2 unspecified atom stereocenters. The van der Waals surface area contributed by atoms with Gasteiger partial charge in [0.1, 0.15) is 0 Å². The zero-order valence-electron chi connectivity index (χ0n) is 9.08. The van der Waals surface area contributed by atoms with Crippen LogP contribution in [0.3, 0.4) is 0 Å². The van der Waals surface area contributed by atoms with E-state index in [-0.39, 0.29) is 20.4 Å². The van der Waals surface area contributed by atoms with Crippen molar-refractivity contribution in [2.75, 3.05) is 13.2 Å². The smallest absolute Gasteiger partial charge is 0.0469 e. The van der Waals surface area contributed by atoms with E-state index in [0.717, 1.165) is 19.1 Å². The average Bonchev–Trinajstić information content (AvgIpc) is 2.36. The first-order chi connectivity index (χ1) is 6.29. The first-order valence-corrected chi connectivity index (χ1v) is 5.57. The van der Waals surface area contributed by atoms with Crippen molar-refractivity contribution in [3.63, 3.8) is 0 Å². The van der Waals surface area contributed by atoms with Crippen molar-refractivity contribution in [2.45, 2.75) is 45.3 Å². The van der Waals surface area contributed by atoms with E-state index in [1.54, 1.807) is 0 Å². The molecule has 3 atom stereocenters. The minimum absolute atomic E-state index is 0. The molecule has 0 amide bonds. The summed E-state index contributed by atoms with van der Waals surface area (Å²) in [6, 6.07) is 0.475. The Bertz CT molecular complexity index is 175. The van der Waals surface area contributed by atoms with Crippen LogP contribution in [0.5, 0.6) is 0 Å². The number of hydrogen-bond acceptors (Lipinski definition) is 1. The van der Waals surface area contributed by atoms with Gasteiger partial charge in [0, 0.05) is 33.1 Å². The van der Waals surface area contributed by atoms with Gasteiger partial charge >= 0.3 is 0 Å². The van der Waals surface area contributed by atoms with E-state index in [0.29, 0.717) is 18.1 Å². The van der Waals surface area contributed by atoms with Crippen molar-refractivity contribution < 1.29 is 25.2 Å². The number of ether oxygens (including phenoxy) is 1. The SMILES string of the molecule is CC(C)C1[N-]C[C@@H]2CCCCOC12.[Re]. The van der Waals surface area contributed by atoms with Gasteiger partial charge < -0.3 is 10.1 Å². The van der Waals surface area contributed by atoms with E-state index in [4.69, 9.17) is 10.1 Å². The summed E-state index contributed by atoms with van der Waals surface area (Å²) in [4.78, 5) is 0. The number of hydrogen-bond donors (Lipinski definition) is 0. The zero-order chi connectivity index (χ0) is 9.26. The van der Waals surface area contributed by atoms with E-state index in [1.165, 1.54) is 19.3 Å². The van der Waals surface area contributed by atoms with Crippen LogP contribution in [0.4, 0.5) is 0 Å². The minimum atomic E-state index is 0. The van der Waals surface area contributed by atoms with E-state index in [1.807, 2.05) is 0 Å². The van der Waals surface area contributed by atoms with Gasteiger partial charge in [-0.25, -0.2) is 0 Å². The maximum atomic E-state index is 5.91. The maximum absolute atomic E-state index is 5.91. The molecule has 0 aromatic heterocycles. The van der Waals surface area contributed by atoms with E-state index >= 15 is 0 Å². The van der Waals surface area contributed by atoms with Crippen LogP contribution < -0.4 is 0 Å². The third kappa shape index (κ3) is 2.58. The van der Waals surface area contributed by atoms with Crippen LogP contribution >= 0.6 is 0 Å². The monoisotopic (exact) mass is 369 g/mol. The molecule has 2 fully saturated rings. The summed E-state index contributed by atoms with van der Waals surface area (Å²) in [6.45, 7) is 6.52. The van der Waals surface area contributed by atoms with Crippen LogP contribution in [0.25, 0.3) is 5.32 Å². The number of rotatable bonds is 1. The first-order valence-electron chi connectivity index (χ1n) is 5.57. The van der Waals surface area contributed by atoms with E-state index in [2.05, 4.69) is 13.8 Å². The molecule has 0 saturated carbocycles. The van der Waals surface area contributed by atoms with Gasteiger partial charge in [-0.3, -0.25) is 0 Å². The van der Waals surface area contributed by atoms with Crippen LogP contribution in [-0.4, -0.2) is 25.3 Å². The van der Waals surface area contributed by atoms with E-state index < -0.39 is 0 Å². The van der Waals surface area contributed by atoms with Crippen molar-refractivity contribution in [3.8, 4) is 0 Å². The first kappa shape index (κ1) is 12.7. The largest absolute Gasteiger partial charge is 0.657 e. The minimum Gasteiger partial charge on any atom is -0.657 e. The molecular weight excluding hydrogens is 348 g/mol. The Kier molecular flexibility index (Phi) is 5.07. The van der Waals surface area contributed by atoms with Crippen LogP contribution in [-0.2, 0) is 25.2 Å². The van der Waals surface area contributed by atoms with Crippen molar-refractivity contribution in [1.82, 2.24) is 0 Å². The van der Waals surface area contributed by atoms with Crippen LogP contribution in [0.1, 0.15) is 33.1 Å². The summed E-state index contributed by atoms with van der Waals surface area (Å²) in [5.74, 6) is 1.38.